The first kappa shape index (κ1) is 16.6. The van der Waals surface area contributed by atoms with Crippen LogP contribution in [0.15, 0.2) is 36.7 Å². The van der Waals surface area contributed by atoms with Crippen LogP contribution in [0.2, 0.25) is 0 Å². The zero-order chi connectivity index (χ0) is 16.9. The Kier molecular flexibility index (Phi) is 5.18. The van der Waals surface area contributed by atoms with Gasteiger partial charge in [-0.2, -0.15) is 0 Å². The number of carbonyl (C=O) groups is 1. The summed E-state index contributed by atoms with van der Waals surface area (Å²) >= 11 is 0. The molecule has 3 rings (SSSR count). The third-order valence-electron chi connectivity index (χ3n) is 4.28. The minimum Gasteiger partial charge on any atom is -0.484 e. The highest BCUT2D eigenvalue weighted by atomic mass is 16.5. The number of imidazole rings is 1. The van der Waals surface area contributed by atoms with E-state index in [1.165, 1.54) is 18.4 Å². The molecule has 1 aromatic carbocycles. The summed E-state index contributed by atoms with van der Waals surface area (Å²) in [5.74, 6) is 2.88. The Bertz CT molecular complexity index is 672. The van der Waals surface area contributed by atoms with Crippen molar-refractivity contribution in [2.75, 3.05) is 13.2 Å². The molecule has 128 valence electrons. The highest BCUT2D eigenvalue weighted by molar-refractivity contribution is 5.77. The summed E-state index contributed by atoms with van der Waals surface area (Å²) in [5, 5.41) is 2.89. The summed E-state index contributed by atoms with van der Waals surface area (Å²) in [5.41, 5.74) is 1.26. The van der Waals surface area contributed by atoms with Gasteiger partial charge in [-0.25, -0.2) is 4.98 Å². The molecule has 1 saturated carbocycles. The molecule has 1 aliphatic rings. The number of amides is 1. The molecule has 2 aromatic rings. The Morgan fingerprint density at radius 1 is 1.33 bits per heavy atom. The maximum atomic E-state index is 11.9. The average Bonchev–Trinajstić information content (AvgIpc) is 3.32. The minimum atomic E-state index is -0.101. The fourth-order valence-corrected chi connectivity index (χ4v) is 2.68. The first-order valence-electron chi connectivity index (χ1n) is 8.64. The van der Waals surface area contributed by atoms with Crippen molar-refractivity contribution < 1.29 is 9.53 Å². The number of ether oxygens (including phenoxy) is 1. The van der Waals surface area contributed by atoms with Gasteiger partial charge < -0.3 is 14.6 Å². The molecule has 1 amide bonds. The quantitative estimate of drug-likeness (QED) is 0.810. The van der Waals surface area contributed by atoms with Gasteiger partial charge >= 0.3 is 0 Å². The molecule has 5 heteroatoms. The molecule has 0 unspecified atom stereocenters. The number of aromatic nitrogens is 2. The van der Waals surface area contributed by atoms with Crippen molar-refractivity contribution in [3.63, 3.8) is 0 Å². The zero-order valence-corrected chi connectivity index (χ0v) is 14.4. The van der Waals surface area contributed by atoms with E-state index in [1.807, 2.05) is 36.7 Å². The molecule has 1 aliphatic carbocycles. The second kappa shape index (κ2) is 7.51. The van der Waals surface area contributed by atoms with E-state index < -0.39 is 0 Å². The van der Waals surface area contributed by atoms with E-state index >= 15 is 0 Å². The lowest BCUT2D eigenvalue weighted by atomic mass is 10.0. The predicted octanol–water partition coefficient (Wildman–Crippen LogP) is 3.08. The molecule has 0 bridgehead atoms. The van der Waals surface area contributed by atoms with Gasteiger partial charge in [0.2, 0.25) is 0 Å². The summed E-state index contributed by atoms with van der Waals surface area (Å²) < 4.78 is 7.66. The molecule has 0 saturated heterocycles. The summed E-state index contributed by atoms with van der Waals surface area (Å²) in [7, 11) is 0. The van der Waals surface area contributed by atoms with Crippen molar-refractivity contribution in [3.05, 3.63) is 48.0 Å². The smallest absolute Gasteiger partial charge is 0.258 e. The number of benzene rings is 1. The second-order valence-electron chi connectivity index (χ2n) is 6.62. The van der Waals surface area contributed by atoms with E-state index in [-0.39, 0.29) is 12.5 Å². The van der Waals surface area contributed by atoms with Gasteiger partial charge in [-0.3, -0.25) is 4.79 Å². The van der Waals surface area contributed by atoms with Crippen LogP contribution in [-0.2, 0) is 11.3 Å². The van der Waals surface area contributed by atoms with Crippen molar-refractivity contribution in [2.24, 2.45) is 0 Å². The van der Waals surface area contributed by atoms with Gasteiger partial charge in [-0.05, 0) is 36.5 Å². The summed E-state index contributed by atoms with van der Waals surface area (Å²) in [4.78, 5) is 16.3. The molecule has 0 atom stereocenters. The largest absolute Gasteiger partial charge is 0.484 e. The molecule has 1 N–H and O–H groups in total. The van der Waals surface area contributed by atoms with Gasteiger partial charge in [-0.15, -0.1) is 0 Å². The van der Waals surface area contributed by atoms with E-state index in [0.29, 0.717) is 18.4 Å². The third kappa shape index (κ3) is 4.37. The number of hydrogen-bond acceptors (Lipinski definition) is 3. The molecule has 5 nitrogen and oxygen atoms in total. The van der Waals surface area contributed by atoms with Crippen molar-refractivity contribution in [1.82, 2.24) is 14.9 Å². The molecule has 1 aromatic heterocycles. The molecular weight excluding hydrogens is 302 g/mol. The van der Waals surface area contributed by atoms with Gasteiger partial charge in [-0.1, -0.05) is 26.0 Å². The normalized spacial score (nSPS) is 14.0. The standard InChI is InChI=1S/C19H25N3O2/c1-14(2)15-5-7-17(8-6-15)24-13-18(23)20-9-11-22-12-10-21-19(22)16-3-4-16/h5-8,10,12,14,16H,3-4,9,11,13H2,1-2H3,(H,20,23). The molecule has 0 spiro atoms. The first-order valence-corrected chi connectivity index (χ1v) is 8.64. The molecule has 1 heterocycles. The minimum absolute atomic E-state index is 0.0421. The van der Waals surface area contributed by atoms with Gasteiger partial charge in [0, 0.05) is 31.4 Å². The third-order valence-corrected chi connectivity index (χ3v) is 4.28. The Balaban J connectivity index is 1.38. The number of carbonyl (C=O) groups excluding carboxylic acids is 1. The van der Waals surface area contributed by atoms with Crippen LogP contribution >= 0.6 is 0 Å². The maximum absolute atomic E-state index is 11.9. The molecule has 0 aliphatic heterocycles. The highest BCUT2D eigenvalue weighted by Crippen LogP contribution is 2.38. The van der Waals surface area contributed by atoms with E-state index in [1.54, 1.807) is 0 Å². The average molecular weight is 327 g/mol. The number of hydrogen-bond donors (Lipinski definition) is 1. The Morgan fingerprint density at radius 2 is 2.08 bits per heavy atom. The van der Waals surface area contributed by atoms with E-state index in [9.17, 15) is 4.79 Å². The monoisotopic (exact) mass is 327 g/mol. The van der Waals surface area contributed by atoms with Crippen molar-refractivity contribution in [2.45, 2.75) is 45.1 Å². The van der Waals surface area contributed by atoms with E-state index in [2.05, 4.69) is 28.7 Å². The zero-order valence-electron chi connectivity index (χ0n) is 14.4. The van der Waals surface area contributed by atoms with Crippen LogP contribution in [0.25, 0.3) is 0 Å². The van der Waals surface area contributed by atoms with Gasteiger partial charge in [0.25, 0.3) is 5.91 Å². The van der Waals surface area contributed by atoms with E-state index in [4.69, 9.17) is 4.74 Å². The predicted molar refractivity (Wildman–Crippen MR) is 93.2 cm³/mol. The maximum Gasteiger partial charge on any atom is 0.258 e. The lowest BCUT2D eigenvalue weighted by molar-refractivity contribution is -0.123. The van der Waals surface area contributed by atoms with Gasteiger partial charge in [0.05, 0.1) is 0 Å². The van der Waals surface area contributed by atoms with Crippen molar-refractivity contribution >= 4 is 5.91 Å². The lowest BCUT2D eigenvalue weighted by Gasteiger charge is -2.10. The van der Waals surface area contributed by atoms with Crippen LogP contribution in [0, 0.1) is 0 Å². The van der Waals surface area contributed by atoms with Crippen molar-refractivity contribution in [3.8, 4) is 5.75 Å². The lowest BCUT2D eigenvalue weighted by Crippen LogP contribution is -2.31. The highest BCUT2D eigenvalue weighted by Gasteiger charge is 2.27. The fourth-order valence-electron chi connectivity index (χ4n) is 2.68. The van der Waals surface area contributed by atoms with Crippen LogP contribution in [0.4, 0.5) is 0 Å². The number of nitrogens with one attached hydrogen (secondary N) is 1. The molecular formula is C19H25N3O2. The Hall–Kier alpha value is -2.30. The Labute approximate surface area is 143 Å². The topological polar surface area (TPSA) is 56.1 Å². The van der Waals surface area contributed by atoms with Gasteiger partial charge in [0.1, 0.15) is 11.6 Å². The molecule has 0 radical (unpaired) electrons. The molecule has 24 heavy (non-hydrogen) atoms. The summed E-state index contributed by atoms with van der Waals surface area (Å²) in [6, 6.07) is 7.90. The molecule has 1 fully saturated rings. The SMILES string of the molecule is CC(C)c1ccc(OCC(=O)NCCn2ccnc2C2CC2)cc1. The Morgan fingerprint density at radius 3 is 2.75 bits per heavy atom. The van der Waals surface area contributed by atoms with E-state index in [0.717, 1.165) is 18.1 Å². The van der Waals surface area contributed by atoms with Crippen molar-refractivity contribution in [1.29, 1.82) is 0 Å². The number of nitrogens with zero attached hydrogens (tertiary/aromatic N) is 2. The van der Waals surface area contributed by atoms with Crippen LogP contribution < -0.4 is 10.1 Å². The van der Waals surface area contributed by atoms with Crippen LogP contribution in [0.5, 0.6) is 5.75 Å². The fraction of sp³-hybridized carbons (Fsp3) is 0.474. The van der Waals surface area contributed by atoms with Crippen LogP contribution in [0.3, 0.4) is 0 Å². The van der Waals surface area contributed by atoms with Crippen LogP contribution in [0.1, 0.15) is 49.9 Å². The second-order valence-corrected chi connectivity index (χ2v) is 6.62. The first-order chi connectivity index (χ1) is 11.6. The summed E-state index contributed by atoms with van der Waals surface area (Å²) in [6.45, 7) is 5.68. The summed E-state index contributed by atoms with van der Waals surface area (Å²) in [6.07, 6.45) is 6.27. The van der Waals surface area contributed by atoms with Crippen LogP contribution in [-0.4, -0.2) is 28.6 Å². The number of rotatable bonds is 8. The van der Waals surface area contributed by atoms with Gasteiger partial charge in [0.15, 0.2) is 6.61 Å².